The van der Waals surface area contributed by atoms with Crippen LogP contribution in [0.5, 0.6) is 11.5 Å². The minimum atomic E-state index is 0.781. The van der Waals surface area contributed by atoms with Gasteiger partial charge in [0.15, 0.2) is 0 Å². The molecule has 0 radical (unpaired) electrons. The highest BCUT2D eigenvalue weighted by molar-refractivity contribution is 5.93. The Morgan fingerprint density at radius 3 is 2.23 bits per heavy atom. The van der Waals surface area contributed by atoms with Gasteiger partial charge in [0.2, 0.25) is 0 Å². The number of nitrogens with zero attached hydrogens (tertiary/aromatic N) is 2. The first-order valence-corrected chi connectivity index (χ1v) is 9.75. The van der Waals surface area contributed by atoms with Crippen molar-refractivity contribution in [2.24, 2.45) is 0 Å². The molecule has 4 heteroatoms. The van der Waals surface area contributed by atoms with E-state index in [-0.39, 0.29) is 0 Å². The molecule has 5 rings (SSSR count). The Bertz CT molecular complexity index is 1260. The molecule has 2 heterocycles. The number of benzene rings is 3. The quantitative estimate of drug-likeness (QED) is 0.358. The molecule has 0 saturated heterocycles. The van der Waals surface area contributed by atoms with E-state index < -0.39 is 0 Å². The maximum atomic E-state index is 5.83. The Kier molecular flexibility index (Phi) is 4.80. The molecule has 144 valence electrons. The van der Waals surface area contributed by atoms with Crippen LogP contribution in [0.4, 0.5) is 11.5 Å². The summed E-state index contributed by atoms with van der Waals surface area (Å²) >= 11 is 0. The highest BCUT2D eigenvalue weighted by atomic mass is 16.5. The predicted molar refractivity (Wildman–Crippen MR) is 121 cm³/mol. The zero-order chi connectivity index (χ0) is 20.2. The Labute approximate surface area is 174 Å². The van der Waals surface area contributed by atoms with Crippen LogP contribution in [-0.2, 0) is 0 Å². The molecule has 0 aliphatic carbocycles. The fourth-order valence-corrected chi connectivity index (χ4v) is 3.34. The first kappa shape index (κ1) is 17.9. The molecule has 0 aliphatic heterocycles. The van der Waals surface area contributed by atoms with Gasteiger partial charge in [-0.25, -0.2) is 4.98 Å². The van der Waals surface area contributed by atoms with Crippen molar-refractivity contribution in [3.8, 4) is 22.6 Å². The van der Waals surface area contributed by atoms with E-state index in [1.807, 2.05) is 85.2 Å². The Morgan fingerprint density at radius 2 is 1.43 bits per heavy atom. The topological polar surface area (TPSA) is 47.0 Å². The second-order valence-corrected chi connectivity index (χ2v) is 6.88. The molecule has 0 unspecified atom stereocenters. The first-order chi connectivity index (χ1) is 14.8. The second kappa shape index (κ2) is 8.05. The maximum Gasteiger partial charge on any atom is 0.130 e. The lowest BCUT2D eigenvalue weighted by Gasteiger charge is -2.10. The molecule has 30 heavy (non-hydrogen) atoms. The Morgan fingerprint density at radius 1 is 0.633 bits per heavy atom. The zero-order valence-electron chi connectivity index (χ0n) is 16.2. The van der Waals surface area contributed by atoms with E-state index in [0.717, 1.165) is 45.0 Å². The van der Waals surface area contributed by atoms with Gasteiger partial charge in [0, 0.05) is 34.6 Å². The Balaban J connectivity index is 1.31. The van der Waals surface area contributed by atoms with Crippen molar-refractivity contribution in [3.05, 3.63) is 109 Å². The maximum absolute atomic E-state index is 5.83. The molecule has 0 aliphatic rings. The summed E-state index contributed by atoms with van der Waals surface area (Å²) in [6.07, 6.45) is 3.69. The SMILES string of the molecule is c1ccc(Oc2ccc(Nc3ccc(-c4cccc5cccnc45)cn3)cc2)cc1. The van der Waals surface area contributed by atoms with Gasteiger partial charge < -0.3 is 10.1 Å². The number of nitrogens with one attached hydrogen (secondary N) is 1. The molecule has 0 spiro atoms. The molecule has 2 aromatic heterocycles. The van der Waals surface area contributed by atoms with E-state index in [2.05, 4.69) is 39.6 Å². The third-order valence-electron chi connectivity index (χ3n) is 4.81. The van der Waals surface area contributed by atoms with Crippen molar-refractivity contribution in [3.63, 3.8) is 0 Å². The van der Waals surface area contributed by atoms with E-state index in [4.69, 9.17) is 4.74 Å². The minimum absolute atomic E-state index is 0.781. The third kappa shape index (κ3) is 3.84. The number of rotatable bonds is 5. The van der Waals surface area contributed by atoms with Gasteiger partial charge in [-0.1, -0.05) is 42.5 Å². The number of hydrogen-bond donors (Lipinski definition) is 1. The Hall–Kier alpha value is -4.18. The van der Waals surface area contributed by atoms with Crippen LogP contribution < -0.4 is 10.1 Å². The van der Waals surface area contributed by atoms with Crippen molar-refractivity contribution in [2.45, 2.75) is 0 Å². The van der Waals surface area contributed by atoms with Crippen molar-refractivity contribution >= 4 is 22.4 Å². The summed E-state index contributed by atoms with van der Waals surface area (Å²) in [6.45, 7) is 0. The molecule has 5 aromatic rings. The summed E-state index contributed by atoms with van der Waals surface area (Å²) in [5, 5.41) is 4.45. The lowest BCUT2D eigenvalue weighted by Crippen LogP contribution is -1.94. The summed E-state index contributed by atoms with van der Waals surface area (Å²) in [6, 6.07) is 31.8. The van der Waals surface area contributed by atoms with Crippen LogP contribution in [0.25, 0.3) is 22.0 Å². The van der Waals surface area contributed by atoms with Gasteiger partial charge in [-0.2, -0.15) is 0 Å². The van der Waals surface area contributed by atoms with Gasteiger partial charge in [0.25, 0.3) is 0 Å². The lowest BCUT2D eigenvalue weighted by atomic mass is 10.0. The molecule has 0 bridgehead atoms. The number of hydrogen-bond acceptors (Lipinski definition) is 4. The van der Waals surface area contributed by atoms with Crippen molar-refractivity contribution in [1.29, 1.82) is 0 Å². The van der Waals surface area contributed by atoms with Gasteiger partial charge in [-0.05, 0) is 54.6 Å². The van der Waals surface area contributed by atoms with Crippen LogP contribution in [0, 0.1) is 0 Å². The van der Waals surface area contributed by atoms with Gasteiger partial charge in [0.1, 0.15) is 17.3 Å². The van der Waals surface area contributed by atoms with E-state index >= 15 is 0 Å². The summed E-state index contributed by atoms with van der Waals surface area (Å²) < 4.78 is 5.83. The smallest absolute Gasteiger partial charge is 0.130 e. The summed E-state index contributed by atoms with van der Waals surface area (Å²) in [5.41, 5.74) is 4.05. The van der Waals surface area contributed by atoms with Crippen molar-refractivity contribution < 1.29 is 4.74 Å². The molecule has 0 saturated carbocycles. The van der Waals surface area contributed by atoms with E-state index in [0.29, 0.717) is 0 Å². The average molecular weight is 389 g/mol. The van der Waals surface area contributed by atoms with Crippen molar-refractivity contribution in [1.82, 2.24) is 9.97 Å². The fourth-order valence-electron chi connectivity index (χ4n) is 3.34. The van der Waals surface area contributed by atoms with E-state index in [1.165, 1.54) is 0 Å². The van der Waals surface area contributed by atoms with E-state index in [1.54, 1.807) is 0 Å². The molecular formula is C26H19N3O. The second-order valence-electron chi connectivity index (χ2n) is 6.88. The number of fused-ring (bicyclic) bond motifs is 1. The highest BCUT2D eigenvalue weighted by Gasteiger charge is 2.06. The van der Waals surface area contributed by atoms with Crippen LogP contribution >= 0.6 is 0 Å². The van der Waals surface area contributed by atoms with E-state index in [9.17, 15) is 0 Å². The standard InChI is InChI=1S/C26H19N3O/c1-2-8-22(9-3-1)30-23-14-12-21(13-15-23)29-25-16-11-20(18-28-25)24-10-4-6-19-7-5-17-27-26(19)24/h1-18H,(H,28,29). The molecule has 1 N–H and O–H groups in total. The van der Waals surface area contributed by atoms with Crippen LogP contribution in [0.15, 0.2) is 109 Å². The fraction of sp³-hybridized carbons (Fsp3) is 0. The molecule has 0 amide bonds. The van der Waals surface area contributed by atoms with Crippen LogP contribution in [-0.4, -0.2) is 9.97 Å². The minimum Gasteiger partial charge on any atom is -0.457 e. The van der Waals surface area contributed by atoms with Crippen LogP contribution in [0.3, 0.4) is 0 Å². The molecule has 4 nitrogen and oxygen atoms in total. The summed E-state index contributed by atoms with van der Waals surface area (Å²) in [5.74, 6) is 2.39. The summed E-state index contributed by atoms with van der Waals surface area (Å²) in [4.78, 5) is 9.11. The normalized spacial score (nSPS) is 10.7. The van der Waals surface area contributed by atoms with Gasteiger partial charge in [-0.3, -0.25) is 4.98 Å². The monoisotopic (exact) mass is 389 g/mol. The number of para-hydroxylation sites is 2. The highest BCUT2D eigenvalue weighted by Crippen LogP contribution is 2.28. The largest absolute Gasteiger partial charge is 0.457 e. The number of aromatic nitrogens is 2. The van der Waals surface area contributed by atoms with Gasteiger partial charge in [-0.15, -0.1) is 0 Å². The first-order valence-electron chi connectivity index (χ1n) is 9.75. The third-order valence-corrected chi connectivity index (χ3v) is 4.81. The molecular weight excluding hydrogens is 370 g/mol. The number of pyridine rings is 2. The van der Waals surface area contributed by atoms with Gasteiger partial charge in [0.05, 0.1) is 5.52 Å². The van der Waals surface area contributed by atoms with Crippen LogP contribution in [0.2, 0.25) is 0 Å². The van der Waals surface area contributed by atoms with Gasteiger partial charge >= 0.3 is 0 Å². The average Bonchev–Trinajstić information content (AvgIpc) is 2.81. The molecule has 3 aromatic carbocycles. The number of anilines is 2. The summed E-state index contributed by atoms with van der Waals surface area (Å²) in [7, 11) is 0. The molecule has 0 fully saturated rings. The zero-order valence-corrected chi connectivity index (χ0v) is 16.2. The lowest BCUT2D eigenvalue weighted by molar-refractivity contribution is 0.483. The van der Waals surface area contributed by atoms with Crippen molar-refractivity contribution in [2.75, 3.05) is 5.32 Å². The van der Waals surface area contributed by atoms with Crippen LogP contribution in [0.1, 0.15) is 0 Å². The number of ether oxygens (including phenoxy) is 1. The predicted octanol–water partition coefficient (Wildman–Crippen LogP) is 6.83. The molecule has 0 atom stereocenters.